The van der Waals surface area contributed by atoms with Gasteiger partial charge in [-0.1, -0.05) is 32.9 Å². The van der Waals surface area contributed by atoms with Crippen LogP contribution in [0.2, 0.25) is 0 Å². The Labute approximate surface area is 132 Å². The van der Waals surface area contributed by atoms with Crippen LogP contribution in [0.4, 0.5) is 0 Å². The summed E-state index contributed by atoms with van der Waals surface area (Å²) in [6.45, 7) is 6.86. The summed E-state index contributed by atoms with van der Waals surface area (Å²) in [5, 5.41) is 0. The summed E-state index contributed by atoms with van der Waals surface area (Å²) >= 11 is 0. The number of carbonyl (C=O) groups excluding carboxylic acids is 1. The minimum Gasteiger partial charge on any atom is -0.369 e. The molecule has 1 aliphatic heterocycles. The van der Waals surface area contributed by atoms with Gasteiger partial charge >= 0.3 is 0 Å². The summed E-state index contributed by atoms with van der Waals surface area (Å²) in [6, 6.07) is 6.98. The molecule has 1 atom stereocenters. The van der Waals surface area contributed by atoms with Gasteiger partial charge in [0.2, 0.25) is 15.9 Å². The standard InChI is InChI=1S/C16H24N2O3S/c1-16(2,3)13-6-8-14(9-7-13)22(20,21)18-10-4-5-12(11-18)15(17)19/h6-9,12H,4-5,10-11H2,1-3H3,(H2,17,19). The quantitative estimate of drug-likeness (QED) is 0.921. The number of piperidine rings is 1. The Morgan fingerprint density at radius 1 is 1.23 bits per heavy atom. The zero-order valence-corrected chi connectivity index (χ0v) is 14.2. The van der Waals surface area contributed by atoms with Crippen molar-refractivity contribution in [2.75, 3.05) is 13.1 Å². The van der Waals surface area contributed by atoms with E-state index in [1.54, 1.807) is 12.1 Å². The molecule has 22 heavy (non-hydrogen) atoms. The lowest BCUT2D eigenvalue weighted by molar-refractivity contribution is -0.122. The van der Waals surface area contributed by atoms with Gasteiger partial charge in [0.05, 0.1) is 10.8 Å². The number of amides is 1. The van der Waals surface area contributed by atoms with Crippen molar-refractivity contribution in [1.82, 2.24) is 4.31 Å². The molecule has 0 aliphatic carbocycles. The topological polar surface area (TPSA) is 80.5 Å². The van der Waals surface area contributed by atoms with Gasteiger partial charge in [0.15, 0.2) is 0 Å². The van der Waals surface area contributed by atoms with Crippen LogP contribution in [0.1, 0.15) is 39.2 Å². The van der Waals surface area contributed by atoms with Crippen molar-refractivity contribution in [3.63, 3.8) is 0 Å². The van der Waals surface area contributed by atoms with Gasteiger partial charge < -0.3 is 5.73 Å². The molecule has 0 radical (unpaired) electrons. The molecule has 2 N–H and O–H groups in total. The van der Waals surface area contributed by atoms with E-state index in [1.807, 2.05) is 12.1 Å². The van der Waals surface area contributed by atoms with E-state index in [0.717, 1.165) is 5.56 Å². The van der Waals surface area contributed by atoms with Gasteiger partial charge in [0.25, 0.3) is 0 Å². The molecule has 6 heteroatoms. The molecule has 0 bridgehead atoms. The lowest BCUT2D eigenvalue weighted by Gasteiger charge is -2.30. The normalized spacial score (nSPS) is 20.8. The average Bonchev–Trinajstić information content (AvgIpc) is 2.46. The van der Waals surface area contributed by atoms with E-state index in [0.29, 0.717) is 19.4 Å². The van der Waals surface area contributed by atoms with E-state index >= 15 is 0 Å². The van der Waals surface area contributed by atoms with Gasteiger partial charge in [-0.2, -0.15) is 4.31 Å². The van der Waals surface area contributed by atoms with Crippen LogP contribution in [0, 0.1) is 5.92 Å². The number of rotatable bonds is 3. The van der Waals surface area contributed by atoms with Crippen LogP contribution in [0.25, 0.3) is 0 Å². The lowest BCUT2D eigenvalue weighted by Crippen LogP contribution is -2.44. The predicted molar refractivity (Wildman–Crippen MR) is 85.8 cm³/mol. The summed E-state index contributed by atoms with van der Waals surface area (Å²) in [7, 11) is -3.57. The highest BCUT2D eigenvalue weighted by atomic mass is 32.2. The maximum Gasteiger partial charge on any atom is 0.243 e. The Hall–Kier alpha value is -1.40. The van der Waals surface area contributed by atoms with Crippen LogP contribution >= 0.6 is 0 Å². The Bertz CT molecular complexity index is 645. The molecule has 0 spiro atoms. The van der Waals surface area contributed by atoms with Crippen molar-refractivity contribution in [3.8, 4) is 0 Å². The largest absolute Gasteiger partial charge is 0.369 e. The van der Waals surface area contributed by atoms with Crippen LogP contribution in [-0.4, -0.2) is 31.7 Å². The summed E-state index contributed by atoms with van der Waals surface area (Å²) in [4.78, 5) is 11.6. The monoisotopic (exact) mass is 324 g/mol. The van der Waals surface area contributed by atoms with Crippen LogP contribution in [-0.2, 0) is 20.2 Å². The molecule has 0 aromatic heterocycles. The number of hydrogen-bond donors (Lipinski definition) is 1. The summed E-state index contributed by atoms with van der Waals surface area (Å²) in [5.74, 6) is -0.819. The molecule has 1 unspecified atom stereocenters. The molecule has 0 saturated carbocycles. The first kappa shape index (κ1) is 17.0. The highest BCUT2D eigenvalue weighted by molar-refractivity contribution is 7.89. The number of benzene rings is 1. The maximum absolute atomic E-state index is 12.7. The van der Waals surface area contributed by atoms with Gasteiger partial charge in [-0.05, 0) is 36.0 Å². The number of nitrogens with zero attached hydrogens (tertiary/aromatic N) is 1. The zero-order valence-electron chi connectivity index (χ0n) is 13.4. The van der Waals surface area contributed by atoms with Crippen LogP contribution in [0.5, 0.6) is 0 Å². The van der Waals surface area contributed by atoms with Gasteiger partial charge in [-0.15, -0.1) is 0 Å². The molecule has 5 nitrogen and oxygen atoms in total. The third-order valence-electron chi connectivity index (χ3n) is 4.14. The van der Waals surface area contributed by atoms with Crippen molar-refractivity contribution < 1.29 is 13.2 Å². The molecule has 2 rings (SSSR count). The molecular formula is C16H24N2O3S. The highest BCUT2D eigenvalue weighted by Crippen LogP contribution is 2.27. The molecule has 1 heterocycles. The predicted octanol–water partition coefficient (Wildman–Crippen LogP) is 1.87. The van der Waals surface area contributed by atoms with E-state index in [9.17, 15) is 13.2 Å². The first-order chi connectivity index (χ1) is 10.1. The average molecular weight is 324 g/mol. The number of primary amides is 1. The summed E-state index contributed by atoms with van der Waals surface area (Å²) in [5.41, 5.74) is 6.38. The first-order valence-corrected chi connectivity index (χ1v) is 8.96. The summed E-state index contributed by atoms with van der Waals surface area (Å²) in [6.07, 6.45) is 1.32. The van der Waals surface area contributed by atoms with E-state index in [2.05, 4.69) is 20.8 Å². The molecule has 1 aliphatic rings. The van der Waals surface area contributed by atoms with Crippen molar-refractivity contribution in [1.29, 1.82) is 0 Å². The molecular weight excluding hydrogens is 300 g/mol. The number of nitrogens with two attached hydrogens (primary N) is 1. The Morgan fingerprint density at radius 3 is 2.32 bits per heavy atom. The van der Waals surface area contributed by atoms with Crippen molar-refractivity contribution in [2.24, 2.45) is 11.7 Å². The molecule has 1 aromatic rings. The SMILES string of the molecule is CC(C)(C)c1ccc(S(=O)(=O)N2CCCC(C(N)=O)C2)cc1. The van der Waals surface area contributed by atoms with Crippen LogP contribution in [0.3, 0.4) is 0 Å². The van der Waals surface area contributed by atoms with E-state index in [1.165, 1.54) is 4.31 Å². The van der Waals surface area contributed by atoms with Gasteiger partial charge in [-0.3, -0.25) is 4.79 Å². The second kappa shape index (κ2) is 6.01. The smallest absolute Gasteiger partial charge is 0.243 e. The van der Waals surface area contributed by atoms with Gasteiger partial charge in [-0.25, -0.2) is 8.42 Å². The molecule has 122 valence electrons. The molecule has 1 saturated heterocycles. The van der Waals surface area contributed by atoms with E-state index < -0.39 is 21.8 Å². The van der Waals surface area contributed by atoms with Crippen molar-refractivity contribution in [2.45, 2.75) is 43.9 Å². The highest BCUT2D eigenvalue weighted by Gasteiger charge is 2.32. The number of carbonyl (C=O) groups is 1. The number of sulfonamides is 1. The lowest BCUT2D eigenvalue weighted by atomic mass is 9.87. The zero-order chi connectivity index (χ0) is 16.5. The van der Waals surface area contributed by atoms with Crippen LogP contribution in [0.15, 0.2) is 29.2 Å². The second-order valence-electron chi connectivity index (χ2n) is 6.88. The van der Waals surface area contributed by atoms with E-state index in [-0.39, 0.29) is 16.9 Å². The van der Waals surface area contributed by atoms with E-state index in [4.69, 9.17) is 5.73 Å². The van der Waals surface area contributed by atoms with Crippen molar-refractivity contribution in [3.05, 3.63) is 29.8 Å². The number of hydrogen-bond acceptors (Lipinski definition) is 3. The third kappa shape index (κ3) is 3.50. The van der Waals surface area contributed by atoms with Crippen molar-refractivity contribution >= 4 is 15.9 Å². The second-order valence-corrected chi connectivity index (χ2v) is 8.82. The Morgan fingerprint density at radius 2 is 1.82 bits per heavy atom. The van der Waals surface area contributed by atoms with Gasteiger partial charge in [0, 0.05) is 13.1 Å². The Kier molecular flexibility index (Phi) is 4.63. The fraction of sp³-hybridized carbons (Fsp3) is 0.562. The first-order valence-electron chi connectivity index (χ1n) is 7.52. The van der Waals surface area contributed by atoms with Gasteiger partial charge in [0.1, 0.15) is 0 Å². The summed E-state index contributed by atoms with van der Waals surface area (Å²) < 4.78 is 26.8. The molecule has 1 aromatic carbocycles. The minimum atomic E-state index is -3.57. The molecule has 1 amide bonds. The third-order valence-corrected chi connectivity index (χ3v) is 6.02. The fourth-order valence-electron chi connectivity index (χ4n) is 2.67. The maximum atomic E-state index is 12.7. The Balaban J connectivity index is 2.25. The fourth-order valence-corrected chi connectivity index (χ4v) is 4.19. The minimum absolute atomic E-state index is 0.0233. The molecule has 1 fully saturated rings. The van der Waals surface area contributed by atoms with Crippen LogP contribution < -0.4 is 5.73 Å².